The number of carbonyl (C=O) groups excluding carboxylic acids is 1. The first-order valence-corrected chi connectivity index (χ1v) is 9.54. The van der Waals surface area contributed by atoms with Gasteiger partial charge in [-0.2, -0.15) is 5.10 Å². The zero-order valence-electron chi connectivity index (χ0n) is 16.0. The summed E-state index contributed by atoms with van der Waals surface area (Å²) >= 11 is 0. The first-order valence-electron chi connectivity index (χ1n) is 9.54. The van der Waals surface area contributed by atoms with Gasteiger partial charge in [-0.25, -0.2) is 0 Å². The summed E-state index contributed by atoms with van der Waals surface area (Å²) < 4.78 is 7.58. The van der Waals surface area contributed by atoms with Crippen molar-refractivity contribution in [1.82, 2.24) is 24.6 Å². The number of pyridine rings is 1. The van der Waals surface area contributed by atoms with E-state index in [2.05, 4.69) is 22.0 Å². The molecule has 7 nitrogen and oxygen atoms in total. The van der Waals surface area contributed by atoms with Crippen LogP contribution < -0.4 is 0 Å². The number of nitrogens with zero attached hydrogens (tertiary/aromatic N) is 5. The van der Waals surface area contributed by atoms with E-state index in [1.54, 1.807) is 23.1 Å². The molecule has 1 atom stereocenters. The third-order valence-electron chi connectivity index (χ3n) is 5.98. The van der Waals surface area contributed by atoms with Gasteiger partial charge in [0.15, 0.2) is 0 Å². The number of rotatable bonds is 5. The number of aromatic nitrogens is 3. The summed E-state index contributed by atoms with van der Waals surface area (Å²) in [6, 6.07) is 7.67. The lowest BCUT2D eigenvalue weighted by molar-refractivity contribution is -0.0771. The van der Waals surface area contributed by atoms with Crippen LogP contribution in [0.5, 0.6) is 0 Å². The fraction of sp³-hybridized carbons (Fsp3) is 0.550. The van der Waals surface area contributed by atoms with Gasteiger partial charge in [0.05, 0.1) is 24.4 Å². The predicted molar refractivity (Wildman–Crippen MR) is 101 cm³/mol. The van der Waals surface area contributed by atoms with Gasteiger partial charge in [-0.15, -0.1) is 0 Å². The molecular weight excluding hydrogens is 342 g/mol. The second-order valence-electron chi connectivity index (χ2n) is 7.84. The smallest absolute Gasteiger partial charge is 0.272 e. The highest BCUT2D eigenvalue weighted by atomic mass is 16.5. The molecule has 0 N–H and O–H groups in total. The molecule has 2 fully saturated rings. The van der Waals surface area contributed by atoms with Gasteiger partial charge in [0.2, 0.25) is 0 Å². The van der Waals surface area contributed by atoms with E-state index >= 15 is 0 Å². The first-order chi connectivity index (χ1) is 13.1. The molecule has 2 aliphatic heterocycles. The fourth-order valence-electron chi connectivity index (χ4n) is 4.29. The van der Waals surface area contributed by atoms with Gasteiger partial charge < -0.3 is 9.64 Å². The third kappa shape index (κ3) is 3.61. The van der Waals surface area contributed by atoms with Crippen LogP contribution in [0.1, 0.15) is 29.0 Å². The van der Waals surface area contributed by atoms with Crippen LogP contribution in [0.4, 0.5) is 0 Å². The molecule has 1 spiro atoms. The molecule has 144 valence electrons. The summed E-state index contributed by atoms with van der Waals surface area (Å²) in [5.41, 5.74) is 1.71. The number of ether oxygens (including phenoxy) is 1. The van der Waals surface area contributed by atoms with Crippen molar-refractivity contribution in [2.45, 2.75) is 25.0 Å². The van der Waals surface area contributed by atoms with Gasteiger partial charge in [0, 0.05) is 32.5 Å². The molecule has 0 bridgehead atoms. The van der Waals surface area contributed by atoms with Gasteiger partial charge >= 0.3 is 0 Å². The zero-order valence-corrected chi connectivity index (χ0v) is 16.0. The van der Waals surface area contributed by atoms with Crippen molar-refractivity contribution in [2.75, 3.05) is 33.3 Å². The molecule has 0 saturated carbocycles. The van der Waals surface area contributed by atoms with Gasteiger partial charge in [-0.05, 0) is 50.6 Å². The van der Waals surface area contributed by atoms with Crippen LogP contribution >= 0.6 is 0 Å². The lowest BCUT2D eigenvalue weighted by atomic mass is 9.75. The van der Waals surface area contributed by atoms with E-state index in [1.165, 1.54) is 0 Å². The molecule has 7 heteroatoms. The molecule has 2 aliphatic rings. The quantitative estimate of drug-likeness (QED) is 0.801. The highest BCUT2D eigenvalue weighted by Gasteiger charge is 2.51. The van der Waals surface area contributed by atoms with Gasteiger partial charge in [0.1, 0.15) is 5.69 Å². The Bertz CT molecular complexity index is 785. The average Bonchev–Trinajstić information content (AvgIpc) is 3.07. The molecule has 1 amide bonds. The average molecular weight is 369 g/mol. The van der Waals surface area contributed by atoms with Crippen LogP contribution in [0.25, 0.3) is 0 Å². The van der Waals surface area contributed by atoms with Crippen LogP contribution in [0.3, 0.4) is 0 Å². The number of hydrogen-bond donors (Lipinski definition) is 0. The Hall–Kier alpha value is -2.25. The third-order valence-corrected chi connectivity index (χ3v) is 5.98. The summed E-state index contributed by atoms with van der Waals surface area (Å²) in [4.78, 5) is 21.3. The van der Waals surface area contributed by atoms with Crippen LogP contribution in [-0.2, 0) is 18.4 Å². The maximum absolute atomic E-state index is 12.7. The molecule has 2 aromatic heterocycles. The molecule has 0 aliphatic carbocycles. The summed E-state index contributed by atoms with van der Waals surface area (Å²) in [5, 5.41) is 4.11. The van der Waals surface area contributed by atoms with Crippen molar-refractivity contribution >= 4 is 5.91 Å². The molecule has 0 aromatic carbocycles. The molecule has 2 aromatic rings. The number of aryl methyl sites for hydroxylation is 1. The lowest BCUT2D eigenvalue weighted by Crippen LogP contribution is -2.72. The Morgan fingerprint density at radius 1 is 1.26 bits per heavy atom. The fourth-order valence-corrected chi connectivity index (χ4v) is 4.29. The van der Waals surface area contributed by atoms with E-state index in [-0.39, 0.29) is 11.4 Å². The van der Waals surface area contributed by atoms with Crippen molar-refractivity contribution in [3.05, 3.63) is 48.0 Å². The Balaban J connectivity index is 1.31. The number of hydrogen-bond acceptors (Lipinski definition) is 5. The number of carbonyl (C=O) groups is 1. The minimum Gasteiger partial charge on any atom is -0.375 e. The zero-order chi connectivity index (χ0) is 18.9. The minimum absolute atomic E-state index is 0.0718. The molecule has 4 heterocycles. The van der Waals surface area contributed by atoms with Crippen LogP contribution in [0.15, 0.2) is 36.7 Å². The van der Waals surface area contributed by atoms with Crippen LogP contribution in [-0.4, -0.2) is 69.3 Å². The number of likely N-dealkylation sites (tertiary alicyclic amines) is 2. The molecule has 0 radical (unpaired) electrons. The molecule has 27 heavy (non-hydrogen) atoms. The van der Waals surface area contributed by atoms with Gasteiger partial charge in [0.25, 0.3) is 5.91 Å². The normalized spacial score (nSPS) is 22.0. The van der Waals surface area contributed by atoms with E-state index in [4.69, 9.17) is 4.74 Å². The van der Waals surface area contributed by atoms with E-state index in [1.807, 2.05) is 30.1 Å². The molecule has 4 rings (SSSR count). The van der Waals surface area contributed by atoms with Crippen molar-refractivity contribution in [2.24, 2.45) is 13.0 Å². The molecule has 0 unspecified atom stereocenters. The summed E-state index contributed by atoms with van der Waals surface area (Å²) in [6.07, 6.45) is 5.67. The maximum Gasteiger partial charge on any atom is 0.272 e. The Kier molecular flexibility index (Phi) is 4.97. The van der Waals surface area contributed by atoms with Crippen molar-refractivity contribution in [1.29, 1.82) is 0 Å². The topological polar surface area (TPSA) is 63.5 Å². The number of likely N-dealkylation sites (N-methyl/N-ethyl adjacent to an activating group) is 1. The Morgan fingerprint density at radius 3 is 2.81 bits per heavy atom. The standard InChI is InChI=1S/C20H27N5O2/c1-23-10-7-16(12-27-13-17-5-3-4-8-21-17)11-20(23)14-25(15-20)19(26)18-6-9-22-24(18)2/h3-6,8-9,16H,7,10-15H2,1-2H3/t16-/m0/s1. The number of amides is 1. The van der Waals surface area contributed by atoms with Gasteiger partial charge in [-0.1, -0.05) is 6.07 Å². The largest absolute Gasteiger partial charge is 0.375 e. The SMILES string of the molecule is CN1CC[C@H](COCc2ccccn2)CC12CN(C(=O)c1ccnn1C)C2. The minimum atomic E-state index is 0.0718. The van der Waals surface area contributed by atoms with Gasteiger partial charge in [-0.3, -0.25) is 19.4 Å². The first kappa shape index (κ1) is 18.1. The van der Waals surface area contributed by atoms with Crippen molar-refractivity contribution in [3.63, 3.8) is 0 Å². The second-order valence-corrected chi connectivity index (χ2v) is 7.84. The van der Waals surface area contributed by atoms with Crippen molar-refractivity contribution < 1.29 is 9.53 Å². The summed E-state index contributed by atoms with van der Waals surface area (Å²) in [5.74, 6) is 0.599. The number of piperidine rings is 1. The monoisotopic (exact) mass is 369 g/mol. The van der Waals surface area contributed by atoms with Crippen molar-refractivity contribution in [3.8, 4) is 0 Å². The highest BCUT2D eigenvalue weighted by molar-refractivity contribution is 5.93. The second kappa shape index (κ2) is 7.40. The Labute approximate surface area is 159 Å². The van der Waals surface area contributed by atoms with Crippen LogP contribution in [0.2, 0.25) is 0 Å². The summed E-state index contributed by atoms with van der Waals surface area (Å²) in [7, 11) is 3.99. The highest BCUT2D eigenvalue weighted by Crippen LogP contribution is 2.38. The lowest BCUT2D eigenvalue weighted by Gasteiger charge is -2.58. The van der Waals surface area contributed by atoms with Crippen LogP contribution in [0, 0.1) is 5.92 Å². The molecule has 2 saturated heterocycles. The summed E-state index contributed by atoms with van der Waals surface area (Å²) in [6.45, 7) is 3.92. The molecular formula is C20H27N5O2. The van der Waals surface area contributed by atoms with E-state index in [0.29, 0.717) is 18.2 Å². The van der Waals surface area contributed by atoms with E-state index in [9.17, 15) is 4.79 Å². The van der Waals surface area contributed by atoms with E-state index < -0.39 is 0 Å². The Morgan fingerprint density at radius 2 is 2.11 bits per heavy atom. The maximum atomic E-state index is 12.7. The van der Waals surface area contributed by atoms with E-state index in [0.717, 1.165) is 44.8 Å². The predicted octanol–water partition coefficient (Wildman–Crippen LogP) is 1.57.